The maximum absolute atomic E-state index is 13.1. The lowest BCUT2D eigenvalue weighted by atomic mass is 10.0. The molecule has 2 aromatic carbocycles. The lowest BCUT2D eigenvalue weighted by Crippen LogP contribution is -2.22. The molecular formula is C24H18ClN3O4. The van der Waals surface area contributed by atoms with Crippen molar-refractivity contribution in [3.8, 4) is 17.0 Å². The van der Waals surface area contributed by atoms with Gasteiger partial charge in [0.15, 0.2) is 0 Å². The number of hydrazone groups is 1. The van der Waals surface area contributed by atoms with E-state index in [1.807, 2.05) is 30.3 Å². The highest BCUT2D eigenvalue weighted by Crippen LogP contribution is 2.29. The van der Waals surface area contributed by atoms with Gasteiger partial charge in [-0.3, -0.25) is 4.79 Å². The maximum Gasteiger partial charge on any atom is 0.348 e. The van der Waals surface area contributed by atoms with E-state index >= 15 is 0 Å². The van der Waals surface area contributed by atoms with E-state index in [0.29, 0.717) is 27.2 Å². The monoisotopic (exact) mass is 447 g/mol. The van der Waals surface area contributed by atoms with Crippen molar-refractivity contribution in [1.82, 2.24) is 10.4 Å². The molecule has 0 saturated carbocycles. The van der Waals surface area contributed by atoms with Gasteiger partial charge in [0.25, 0.3) is 5.91 Å². The van der Waals surface area contributed by atoms with Crippen LogP contribution in [0.15, 0.2) is 75.0 Å². The van der Waals surface area contributed by atoms with E-state index in [1.165, 1.54) is 13.0 Å². The molecule has 0 spiro atoms. The van der Waals surface area contributed by atoms with Crippen LogP contribution in [-0.4, -0.2) is 21.7 Å². The van der Waals surface area contributed by atoms with Crippen LogP contribution in [0.1, 0.15) is 28.6 Å². The van der Waals surface area contributed by atoms with Crippen molar-refractivity contribution >= 4 is 34.1 Å². The molecule has 2 N–H and O–H groups in total. The van der Waals surface area contributed by atoms with Crippen LogP contribution in [0.3, 0.4) is 0 Å². The van der Waals surface area contributed by atoms with Gasteiger partial charge in [-0.15, -0.1) is 0 Å². The molecule has 4 aromatic rings. The van der Waals surface area contributed by atoms with E-state index in [2.05, 4.69) is 15.5 Å². The predicted octanol–water partition coefficient (Wildman–Crippen LogP) is 4.68. The summed E-state index contributed by atoms with van der Waals surface area (Å²) in [6.07, 6.45) is 0. The molecule has 32 heavy (non-hydrogen) atoms. The molecule has 8 heteroatoms. The molecule has 0 aliphatic carbocycles. The second-order valence-electron chi connectivity index (χ2n) is 7.10. The van der Waals surface area contributed by atoms with Crippen molar-refractivity contribution < 1.29 is 14.3 Å². The number of aromatic hydroxyl groups is 1. The molecule has 0 saturated heterocycles. The number of fused-ring (bicyclic) bond motifs is 1. The number of hydrogen-bond acceptors (Lipinski definition) is 6. The smallest absolute Gasteiger partial charge is 0.348 e. The predicted molar refractivity (Wildman–Crippen MR) is 123 cm³/mol. The van der Waals surface area contributed by atoms with Crippen LogP contribution in [-0.2, 0) is 0 Å². The summed E-state index contributed by atoms with van der Waals surface area (Å²) in [7, 11) is 0. The van der Waals surface area contributed by atoms with E-state index in [4.69, 9.17) is 16.0 Å². The zero-order valence-electron chi connectivity index (χ0n) is 17.2. The van der Waals surface area contributed by atoms with Crippen LogP contribution in [0.4, 0.5) is 0 Å². The van der Waals surface area contributed by atoms with Crippen molar-refractivity contribution in [1.29, 1.82) is 0 Å². The molecule has 0 atom stereocenters. The van der Waals surface area contributed by atoms with Crippen LogP contribution in [0.25, 0.3) is 22.2 Å². The average Bonchev–Trinajstić information content (AvgIpc) is 2.77. The van der Waals surface area contributed by atoms with Crippen LogP contribution < -0.4 is 11.1 Å². The van der Waals surface area contributed by atoms with Gasteiger partial charge in [-0.1, -0.05) is 54.1 Å². The summed E-state index contributed by atoms with van der Waals surface area (Å²) in [5, 5.41) is 15.0. The first-order chi connectivity index (χ1) is 15.3. The van der Waals surface area contributed by atoms with Gasteiger partial charge >= 0.3 is 5.63 Å². The number of aryl methyl sites for hydroxylation is 1. The molecule has 160 valence electrons. The second-order valence-corrected chi connectivity index (χ2v) is 7.51. The van der Waals surface area contributed by atoms with E-state index in [-0.39, 0.29) is 22.8 Å². The average molecular weight is 448 g/mol. The van der Waals surface area contributed by atoms with Crippen molar-refractivity contribution in [2.24, 2.45) is 5.10 Å². The molecule has 0 fully saturated rings. The SMILES string of the molecule is C/C(=N/NC(=O)c1cc(-c2ccccc2)nc2c(Cl)cccc12)c1c(O)cc(C)oc1=O. The quantitative estimate of drug-likeness (QED) is 0.349. The lowest BCUT2D eigenvalue weighted by molar-refractivity contribution is 0.0956. The largest absolute Gasteiger partial charge is 0.507 e. The highest BCUT2D eigenvalue weighted by molar-refractivity contribution is 6.35. The van der Waals surface area contributed by atoms with E-state index in [0.717, 1.165) is 5.56 Å². The Morgan fingerprint density at radius 3 is 2.59 bits per heavy atom. The fourth-order valence-corrected chi connectivity index (χ4v) is 3.55. The molecule has 0 bridgehead atoms. The minimum absolute atomic E-state index is 0.101. The van der Waals surface area contributed by atoms with Crippen LogP contribution >= 0.6 is 11.6 Å². The summed E-state index contributed by atoms with van der Waals surface area (Å²) in [6.45, 7) is 3.03. The van der Waals surface area contributed by atoms with Crippen molar-refractivity contribution in [2.75, 3.05) is 0 Å². The summed E-state index contributed by atoms with van der Waals surface area (Å²) < 4.78 is 5.01. The Hall–Kier alpha value is -3.97. The molecule has 1 amide bonds. The van der Waals surface area contributed by atoms with E-state index in [1.54, 1.807) is 31.2 Å². The van der Waals surface area contributed by atoms with Gasteiger partial charge in [0, 0.05) is 17.0 Å². The first-order valence-electron chi connectivity index (χ1n) is 9.68. The number of benzene rings is 2. The van der Waals surface area contributed by atoms with Crippen molar-refractivity contribution in [3.05, 3.63) is 93.0 Å². The Balaban J connectivity index is 1.76. The van der Waals surface area contributed by atoms with Crippen molar-refractivity contribution in [3.63, 3.8) is 0 Å². The zero-order chi connectivity index (χ0) is 22.8. The molecule has 2 heterocycles. The summed E-state index contributed by atoms with van der Waals surface area (Å²) in [6, 6.07) is 17.6. The number of amides is 1. The minimum Gasteiger partial charge on any atom is -0.507 e. The Morgan fingerprint density at radius 1 is 1.12 bits per heavy atom. The number of para-hydroxylation sites is 1. The Labute approximate surface area is 188 Å². The zero-order valence-corrected chi connectivity index (χ0v) is 18.0. The number of halogens is 1. The second kappa shape index (κ2) is 8.64. The third-order valence-corrected chi connectivity index (χ3v) is 5.15. The van der Waals surface area contributed by atoms with E-state index < -0.39 is 11.5 Å². The third-order valence-electron chi connectivity index (χ3n) is 4.85. The van der Waals surface area contributed by atoms with Gasteiger partial charge in [0.2, 0.25) is 0 Å². The molecule has 0 unspecified atom stereocenters. The molecular weight excluding hydrogens is 430 g/mol. The number of pyridine rings is 1. The maximum atomic E-state index is 13.1. The van der Waals surface area contributed by atoms with Gasteiger partial charge in [0.05, 0.1) is 27.5 Å². The highest BCUT2D eigenvalue weighted by Gasteiger charge is 2.17. The summed E-state index contributed by atoms with van der Waals surface area (Å²) in [4.78, 5) is 29.8. The number of carbonyl (C=O) groups excluding carboxylic acids is 1. The number of nitrogens with one attached hydrogen (secondary N) is 1. The van der Waals surface area contributed by atoms with Crippen LogP contribution in [0.5, 0.6) is 5.75 Å². The Morgan fingerprint density at radius 2 is 1.88 bits per heavy atom. The number of aromatic nitrogens is 1. The minimum atomic E-state index is -0.745. The van der Waals surface area contributed by atoms with Gasteiger partial charge in [-0.25, -0.2) is 15.2 Å². The highest BCUT2D eigenvalue weighted by atomic mass is 35.5. The summed E-state index contributed by atoms with van der Waals surface area (Å²) in [5.74, 6) is -0.532. The van der Waals surface area contributed by atoms with Gasteiger partial charge < -0.3 is 9.52 Å². The molecule has 0 radical (unpaired) electrons. The van der Waals surface area contributed by atoms with Gasteiger partial charge in [-0.2, -0.15) is 5.10 Å². The van der Waals surface area contributed by atoms with E-state index in [9.17, 15) is 14.7 Å². The Bertz CT molecular complexity index is 1430. The first kappa shape index (κ1) is 21.3. The van der Waals surface area contributed by atoms with Gasteiger partial charge in [0.1, 0.15) is 17.1 Å². The number of nitrogens with zero attached hydrogens (tertiary/aromatic N) is 2. The molecule has 4 rings (SSSR count). The normalized spacial score (nSPS) is 11.5. The van der Waals surface area contributed by atoms with Gasteiger partial charge in [-0.05, 0) is 26.0 Å². The first-order valence-corrected chi connectivity index (χ1v) is 10.1. The number of carbonyl (C=O) groups is 1. The number of hydrogen-bond donors (Lipinski definition) is 2. The Kier molecular flexibility index (Phi) is 5.75. The molecule has 0 aliphatic rings. The fourth-order valence-electron chi connectivity index (χ4n) is 3.34. The summed E-state index contributed by atoms with van der Waals surface area (Å²) >= 11 is 6.35. The third kappa shape index (κ3) is 4.10. The number of rotatable bonds is 4. The van der Waals surface area contributed by atoms with Crippen molar-refractivity contribution in [2.45, 2.75) is 13.8 Å². The topological polar surface area (TPSA) is 105 Å². The molecule has 7 nitrogen and oxygen atoms in total. The molecule has 0 aliphatic heterocycles. The van der Waals surface area contributed by atoms with Crippen LogP contribution in [0, 0.1) is 6.92 Å². The fraction of sp³-hybridized carbons (Fsp3) is 0.0833. The summed E-state index contributed by atoms with van der Waals surface area (Å²) in [5.41, 5.74) is 3.88. The standard InChI is InChI=1S/C24H18ClN3O4/c1-13-11-20(29)21(24(31)32-13)14(2)27-28-23(30)17-12-19(15-7-4-3-5-8-15)26-22-16(17)9-6-10-18(22)25/h3-12,29H,1-2H3,(H,28,30)/b27-14-. The molecule has 2 aromatic heterocycles. The van der Waals surface area contributed by atoms with Crippen LogP contribution in [0.2, 0.25) is 5.02 Å². The lowest BCUT2D eigenvalue weighted by Gasteiger charge is -2.10.